The molecule has 4 rings (SSSR count). The molecule has 0 amide bonds. The van der Waals surface area contributed by atoms with Crippen LogP contribution in [-0.4, -0.2) is 5.78 Å². The predicted molar refractivity (Wildman–Crippen MR) is 42.1 cm³/mol. The molecule has 4 atom stereocenters. The van der Waals surface area contributed by atoms with Gasteiger partial charge in [-0.1, -0.05) is 20.8 Å². The highest BCUT2D eigenvalue weighted by molar-refractivity contribution is 6.00. The van der Waals surface area contributed by atoms with E-state index in [-0.39, 0.29) is 10.8 Å². The average molecular weight is 150 g/mol. The van der Waals surface area contributed by atoms with Crippen LogP contribution in [0.3, 0.4) is 0 Å². The molecule has 0 N–H and O–H groups in total. The molecular formula is C10H14O. The highest BCUT2D eigenvalue weighted by atomic mass is 16.1. The lowest BCUT2D eigenvalue weighted by Gasteiger charge is -2.13. The molecule has 0 radical (unpaired) electrons. The fourth-order valence-corrected chi connectivity index (χ4v) is 4.27. The molecule has 4 unspecified atom stereocenters. The summed E-state index contributed by atoms with van der Waals surface area (Å²) < 4.78 is 0. The van der Waals surface area contributed by atoms with Crippen LogP contribution >= 0.6 is 0 Å². The third kappa shape index (κ3) is 0.328. The van der Waals surface area contributed by atoms with Crippen molar-refractivity contribution < 1.29 is 4.79 Å². The van der Waals surface area contributed by atoms with Gasteiger partial charge in [0, 0.05) is 10.8 Å². The summed E-state index contributed by atoms with van der Waals surface area (Å²) in [7, 11) is 0. The lowest BCUT2D eigenvalue weighted by atomic mass is 9.89. The van der Waals surface area contributed by atoms with Gasteiger partial charge in [-0.25, -0.2) is 0 Å². The van der Waals surface area contributed by atoms with Gasteiger partial charge >= 0.3 is 0 Å². The minimum Gasteiger partial charge on any atom is -0.298 e. The summed E-state index contributed by atoms with van der Waals surface area (Å²) in [5.74, 6) is 1.31. The summed E-state index contributed by atoms with van der Waals surface area (Å²) in [5.41, 5.74) is 0.620. The Morgan fingerprint density at radius 3 is 2.09 bits per heavy atom. The van der Waals surface area contributed by atoms with Crippen molar-refractivity contribution in [3.8, 4) is 0 Å². The van der Waals surface area contributed by atoms with Crippen molar-refractivity contribution in [2.75, 3.05) is 0 Å². The number of rotatable bonds is 0. The van der Waals surface area contributed by atoms with E-state index in [9.17, 15) is 4.79 Å². The van der Waals surface area contributed by atoms with Gasteiger partial charge in [-0.05, 0) is 24.2 Å². The Balaban J connectivity index is 2.25. The molecule has 4 bridgehead atoms. The van der Waals surface area contributed by atoms with E-state index in [2.05, 4.69) is 20.8 Å². The maximum Gasteiger partial charge on any atom is 0.145 e. The summed E-state index contributed by atoms with van der Waals surface area (Å²) in [6.45, 7) is 6.64. The van der Waals surface area contributed by atoms with E-state index in [0.717, 1.165) is 5.92 Å². The lowest BCUT2D eigenvalue weighted by Crippen LogP contribution is -2.20. The van der Waals surface area contributed by atoms with Crippen LogP contribution in [0.1, 0.15) is 33.6 Å². The SMILES string of the molecule is CC12CC3C(C)(C1)C3(C)C2=O. The van der Waals surface area contributed by atoms with E-state index in [4.69, 9.17) is 0 Å². The Hall–Kier alpha value is -0.330. The second-order valence-corrected chi connectivity index (χ2v) is 5.44. The van der Waals surface area contributed by atoms with Crippen molar-refractivity contribution in [1.82, 2.24) is 0 Å². The molecule has 0 aromatic rings. The van der Waals surface area contributed by atoms with E-state index >= 15 is 0 Å². The molecule has 60 valence electrons. The summed E-state index contributed by atoms with van der Waals surface area (Å²) in [6.07, 6.45) is 2.35. The Morgan fingerprint density at radius 2 is 2.00 bits per heavy atom. The maximum absolute atomic E-state index is 11.8. The largest absolute Gasteiger partial charge is 0.298 e. The van der Waals surface area contributed by atoms with Gasteiger partial charge in [0.05, 0.1) is 0 Å². The fraction of sp³-hybridized carbons (Fsp3) is 0.900. The molecule has 1 heteroatoms. The Morgan fingerprint density at radius 1 is 1.36 bits per heavy atom. The highest BCUT2D eigenvalue weighted by Crippen LogP contribution is 2.88. The molecule has 0 aliphatic heterocycles. The number of hydrogen-bond acceptors (Lipinski definition) is 1. The van der Waals surface area contributed by atoms with E-state index in [1.807, 2.05) is 0 Å². The van der Waals surface area contributed by atoms with Crippen molar-refractivity contribution in [3.63, 3.8) is 0 Å². The smallest absolute Gasteiger partial charge is 0.145 e. The molecule has 4 saturated carbocycles. The first-order chi connectivity index (χ1) is 4.95. The van der Waals surface area contributed by atoms with E-state index in [0.29, 0.717) is 11.2 Å². The van der Waals surface area contributed by atoms with Gasteiger partial charge in [0.1, 0.15) is 5.78 Å². The quantitative estimate of drug-likeness (QED) is 0.516. The van der Waals surface area contributed by atoms with E-state index in [1.165, 1.54) is 12.8 Å². The van der Waals surface area contributed by atoms with Crippen LogP contribution in [0.5, 0.6) is 0 Å². The number of hydrogen-bond donors (Lipinski definition) is 0. The topological polar surface area (TPSA) is 17.1 Å². The highest BCUT2D eigenvalue weighted by Gasteiger charge is 2.88. The van der Waals surface area contributed by atoms with Crippen LogP contribution in [0.25, 0.3) is 0 Å². The minimum atomic E-state index is 0.0914. The molecule has 0 aromatic heterocycles. The van der Waals surface area contributed by atoms with Crippen LogP contribution in [0.2, 0.25) is 0 Å². The molecule has 4 fully saturated rings. The molecule has 11 heavy (non-hydrogen) atoms. The normalized spacial score (nSPS) is 70.8. The molecule has 4 aliphatic carbocycles. The molecule has 0 heterocycles. The van der Waals surface area contributed by atoms with Gasteiger partial charge in [-0.3, -0.25) is 4.79 Å². The third-order valence-corrected chi connectivity index (χ3v) is 5.00. The molecule has 0 aromatic carbocycles. The Labute approximate surface area is 67.2 Å². The summed E-state index contributed by atoms with van der Waals surface area (Å²) in [4.78, 5) is 11.8. The zero-order chi connectivity index (χ0) is 8.07. The van der Waals surface area contributed by atoms with Crippen LogP contribution in [0, 0.1) is 22.2 Å². The van der Waals surface area contributed by atoms with Crippen LogP contribution in [-0.2, 0) is 4.79 Å². The summed E-state index contributed by atoms with van der Waals surface area (Å²) in [5, 5.41) is 0. The standard InChI is InChI=1S/C10H14O/c1-8-4-6-9(2,5-8)10(6,3)7(8)11/h6H,4-5H2,1-3H3. The van der Waals surface area contributed by atoms with Crippen molar-refractivity contribution in [2.45, 2.75) is 33.6 Å². The first kappa shape index (κ1) is 6.22. The minimum absolute atomic E-state index is 0.0914. The zero-order valence-corrected chi connectivity index (χ0v) is 7.40. The zero-order valence-electron chi connectivity index (χ0n) is 7.40. The number of carbonyl (C=O) groups excluding carboxylic acids is 1. The second-order valence-electron chi connectivity index (χ2n) is 5.44. The first-order valence-corrected chi connectivity index (χ1v) is 4.50. The number of ketones is 1. The molecule has 4 aliphatic rings. The van der Waals surface area contributed by atoms with E-state index < -0.39 is 0 Å². The second kappa shape index (κ2) is 1.10. The van der Waals surface area contributed by atoms with Crippen molar-refractivity contribution in [3.05, 3.63) is 0 Å². The molecule has 0 saturated heterocycles. The number of carbonyl (C=O) groups is 1. The monoisotopic (exact) mass is 150 g/mol. The predicted octanol–water partition coefficient (Wildman–Crippen LogP) is 2.01. The summed E-state index contributed by atoms with van der Waals surface area (Å²) >= 11 is 0. The van der Waals surface area contributed by atoms with Gasteiger partial charge in [0.2, 0.25) is 0 Å². The lowest BCUT2D eigenvalue weighted by molar-refractivity contribution is -0.127. The van der Waals surface area contributed by atoms with Gasteiger partial charge in [0.25, 0.3) is 0 Å². The number of Topliss-reactive ketones (excluding diaryl/α,β-unsaturated/α-hetero) is 1. The Bertz CT molecular complexity index is 283. The first-order valence-electron chi connectivity index (χ1n) is 4.50. The molecular weight excluding hydrogens is 136 g/mol. The van der Waals surface area contributed by atoms with Gasteiger partial charge in [0.15, 0.2) is 0 Å². The van der Waals surface area contributed by atoms with Crippen LogP contribution < -0.4 is 0 Å². The van der Waals surface area contributed by atoms with Crippen molar-refractivity contribution in [2.24, 2.45) is 22.2 Å². The van der Waals surface area contributed by atoms with Crippen molar-refractivity contribution >= 4 is 5.78 Å². The van der Waals surface area contributed by atoms with Gasteiger partial charge in [-0.2, -0.15) is 0 Å². The van der Waals surface area contributed by atoms with Crippen LogP contribution in [0.15, 0.2) is 0 Å². The molecule has 1 nitrogen and oxygen atoms in total. The Kier molecular flexibility index (Phi) is 0.623. The summed E-state index contributed by atoms with van der Waals surface area (Å²) in [6, 6.07) is 0. The fourth-order valence-electron chi connectivity index (χ4n) is 4.27. The van der Waals surface area contributed by atoms with Gasteiger partial charge < -0.3 is 0 Å². The van der Waals surface area contributed by atoms with Crippen molar-refractivity contribution in [1.29, 1.82) is 0 Å². The maximum atomic E-state index is 11.8. The third-order valence-electron chi connectivity index (χ3n) is 5.00. The average Bonchev–Trinajstić information content (AvgIpc) is 2.28. The van der Waals surface area contributed by atoms with Gasteiger partial charge in [-0.15, -0.1) is 0 Å². The molecule has 0 spiro atoms. The van der Waals surface area contributed by atoms with E-state index in [1.54, 1.807) is 0 Å². The van der Waals surface area contributed by atoms with Crippen LogP contribution in [0.4, 0.5) is 0 Å².